The molecule has 13 heavy (non-hydrogen) atoms. The normalized spacial score (nSPS) is 14.2. The van der Waals surface area contributed by atoms with Crippen LogP contribution in [0.2, 0.25) is 0 Å². The van der Waals surface area contributed by atoms with E-state index < -0.39 is 0 Å². The monoisotopic (exact) mass is 183 g/mol. The van der Waals surface area contributed by atoms with E-state index in [1.54, 1.807) is 0 Å². The van der Waals surface area contributed by atoms with Gasteiger partial charge in [-0.25, -0.2) is 0 Å². The highest BCUT2D eigenvalue weighted by Gasteiger charge is 2.25. The molecule has 0 saturated carbocycles. The summed E-state index contributed by atoms with van der Waals surface area (Å²) in [6, 6.07) is 0.637. The minimum Gasteiger partial charge on any atom is -0.316 e. The molecule has 0 rings (SSSR count). The van der Waals surface area contributed by atoms with Crippen LogP contribution in [0.3, 0.4) is 0 Å². The van der Waals surface area contributed by atoms with Gasteiger partial charge in [-0.3, -0.25) is 0 Å². The highest BCUT2D eigenvalue weighted by atomic mass is 14.9. The van der Waals surface area contributed by atoms with Crippen LogP contribution >= 0.6 is 0 Å². The van der Waals surface area contributed by atoms with E-state index in [-0.39, 0.29) is 0 Å². The molecule has 0 aliphatic heterocycles. The summed E-state index contributed by atoms with van der Waals surface area (Å²) in [6.45, 7) is 10.7. The average molecular weight is 183 g/mol. The maximum atomic E-state index is 3.75. The molecule has 78 valence electrons. The minimum absolute atomic E-state index is 0.413. The number of rotatable bonds is 7. The van der Waals surface area contributed by atoms with Gasteiger partial charge in [-0.05, 0) is 38.1 Å². The van der Waals surface area contributed by atoms with Crippen LogP contribution in [-0.2, 0) is 0 Å². The molecule has 0 aliphatic carbocycles. The van der Waals surface area contributed by atoms with Crippen LogP contribution in [0.15, 0.2) is 12.7 Å². The first-order valence-electron chi connectivity index (χ1n) is 5.36. The molecule has 0 fully saturated rings. The Morgan fingerprint density at radius 3 is 2.46 bits per heavy atom. The van der Waals surface area contributed by atoms with Crippen molar-refractivity contribution in [1.82, 2.24) is 5.32 Å². The van der Waals surface area contributed by atoms with Gasteiger partial charge in [0, 0.05) is 6.04 Å². The standard InChI is InChI=1S/C12H25N/c1-6-8-9-10-11(13-5)12(3,4)7-2/h6,11,13H,1,7-10H2,2-5H3. The molecule has 0 aromatic carbocycles. The molecule has 0 aliphatic rings. The van der Waals surface area contributed by atoms with E-state index in [9.17, 15) is 0 Å². The van der Waals surface area contributed by atoms with Crippen LogP contribution in [0.4, 0.5) is 0 Å². The fourth-order valence-corrected chi connectivity index (χ4v) is 1.64. The third-order valence-corrected chi connectivity index (χ3v) is 3.10. The topological polar surface area (TPSA) is 12.0 Å². The fraction of sp³-hybridized carbons (Fsp3) is 0.833. The van der Waals surface area contributed by atoms with Crippen LogP contribution in [0, 0.1) is 5.41 Å². The van der Waals surface area contributed by atoms with Gasteiger partial charge in [0.1, 0.15) is 0 Å². The molecule has 0 spiro atoms. The Bertz CT molecular complexity index is 138. The van der Waals surface area contributed by atoms with Crippen LogP contribution in [0.1, 0.15) is 46.5 Å². The van der Waals surface area contributed by atoms with Gasteiger partial charge in [0.05, 0.1) is 0 Å². The van der Waals surface area contributed by atoms with Gasteiger partial charge in [-0.15, -0.1) is 6.58 Å². The van der Waals surface area contributed by atoms with E-state index in [1.807, 2.05) is 6.08 Å². The molecule has 0 aromatic rings. The van der Waals surface area contributed by atoms with Gasteiger partial charge in [0.15, 0.2) is 0 Å². The van der Waals surface area contributed by atoms with Crippen molar-refractivity contribution in [3.05, 3.63) is 12.7 Å². The zero-order valence-corrected chi connectivity index (χ0v) is 9.69. The maximum absolute atomic E-state index is 3.75. The Morgan fingerprint density at radius 2 is 2.08 bits per heavy atom. The predicted octanol–water partition coefficient (Wildman–Crippen LogP) is 3.37. The van der Waals surface area contributed by atoms with E-state index in [0.29, 0.717) is 11.5 Å². The Labute approximate surface area is 83.6 Å². The van der Waals surface area contributed by atoms with Gasteiger partial charge >= 0.3 is 0 Å². The molecule has 0 bridgehead atoms. The minimum atomic E-state index is 0.413. The Balaban J connectivity index is 3.94. The van der Waals surface area contributed by atoms with Crippen molar-refractivity contribution in [3.63, 3.8) is 0 Å². The maximum Gasteiger partial charge on any atom is 0.0115 e. The summed E-state index contributed by atoms with van der Waals surface area (Å²) in [5, 5.41) is 3.42. The van der Waals surface area contributed by atoms with Gasteiger partial charge in [0.2, 0.25) is 0 Å². The summed E-state index contributed by atoms with van der Waals surface area (Å²) in [6.07, 6.45) is 6.87. The number of hydrogen-bond acceptors (Lipinski definition) is 1. The van der Waals surface area contributed by atoms with Crippen molar-refractivity contribution in [2.75, 3.05) is 7.05 Å². The van der Waals surface area contributed by atoms with Crippen molar-refractivity contribution in [1.29, 1.82) is 0 Å². The number of hydrogen-bond donors (Lipinski definition) is 1. The Hall–Kier alpha value is -0.300. The lowest BCUT2D eigenvalue weighted by Crippen LogP contribution is -2.39. The molecule has 1 nitrogen and oxygen atoms in total. The molecule has 0 amide bonds. The van der Waals surface area contributed by atoms with Crippen LogP contribution in [-0.4, -0.2) is 13.1 Å². The van der Waals surface area contributed by atoms with Crippen molar-refractivity contribution in [2.45, 2.75) is 52.5 Å². The molecule has 0 radical (unpaired) electrons. The van der Waals surface area contributed by atoms with Crippen LogP contribution in [0.25, 0.3) is 0 Å². The third-order valence-electron chi connectivity index (χ3n) is 3.10. The summed E-state index contributed by atoms with van der Waals surface area (Å²) < 4.78 is 0. The zero-order chi connectivity index (χ0) is 10.3. The van der Waals surface area contributed by atoms with E-state index in [2.05, 4.69) is 39.7 Å². The lowest BCUT2D eigenvalue weighted by molar-refractivity contribution is 0.228. The van der Waals surface area contributed by atoms with Crippen LogP contribution in [0.5, 0.6) is 0 Å². The average Bonchev–Trinajstić information content (AvgIpc) is 2.12. The largest absolute Gasteiger partial charge is 0.316 e. The quantitative estimate of drug-likeness (QED) is 0.471. The molecule has 1 atom stereocenters. The first-order valence-corrected chi connectivity index (χ1v) is 5.36. The van der Waals surface area contributed by atoms with Crippen molar-refractivity contribution in [3.8, 4) is 0 Å². The van der Waals surface area contributed by atoms with Crippen molar-refractivity contribution < 1.29 is 0 Å². The third kappa shape index (κ3) is 4.47. The zero-order valence-electron chi connectivity index (χ0n) is 9.69. The smallest absolute Gasteiger partial charge is 0.0115 e. The first-order chi connectivity index (χ1) is 6.08. The molecule has 1 N–H and O–H groups in total. The van der Waals surface area contributed by atoms with Crippen molar-refractivity contribution in [2.24, 2.45) is 5.41 Å². The SMILES string of the molecule is C=CCCCC(NC)C(C)(C)CC. The summed E-state index contributed by atoms with van der Waals surface area (Å²) in [5.74, 6) is 0. The molecule has 0 heterocycles. The molecular formula is C12H25N. The van der Waals surface area contributed by atoms with E-state index in [0.717, 1.165) is 6.42 Å². The second-order valence-corrected chi connectivity index (χ2v) is 4.40. The van der Waals surface area contributed by atoms with E-state index >= 15 is 0 Å². The van der Waals surface area contributed by atoms with Crippen molar-refractivity contribution >= 4 is 0 Å². The highest BCUT2D eigenvalue weighted by molar-refractivity contribution is 4.82. The van der Waals surface area contributed by atoms with Gasteiger partial charge in [-0.1, -0.05) is 26.8 Å². The lowest BCUT2D eigenvalue weighted by atomic mass is 9.79. The molecule has 1 heteroatoms. The summed E-state index contributed by atoms with van der Waals surface area (Å²) in [5.41, 5.74) is 0.413. The summed E-state index contributed by atoms with van der Waals surface area (Å²) in [4.78, 5) is 0. The number of nitrogens with one attached hydrogen (secondary N) is 1. The molecule has 1 unspecified atom stereocenters. The summed E-state index contributed by atoms with van der Waals surface area (Å²) >= 11 is 0. The predicted molar refractivity (Wildman–Crippen MR) is 61.0 cm³/mol. The molecule has 0 saturated heterocycles. The molecular weight excluding hydrogens is 158 g/mol. The highest BCUT2D eigenvalue weighted by Crippen LogP contribution is 2.27. The Kier molecular flexibility index (Phi) is 6.06. The number of unbranched alkanes of at least 4 members (excludes halogenated alkanes) is 1. The van der Waals surface area contributed by atoms with Gasteiger partial charge in [0.25, 0.3) is 0 Å². The second-order valence-electron chi connectivity index (χ2n) is 4.40. The van der Waals surface area contributed by atoms with Gasteiger partial charge in [-0.2, -0.15) is 0 Å². The Morgan fingerprint density at radius 1 is 1.46 bits per heavy atom. The molecule has 0 aromatic heterocycles. The second kappa shape index (κ2) is 6.20. The number of allylic oxidation sites excluding steroid dienone is 1. The fourth-order valence-electron chi connectivity index (χ4n) is 1.64. The van der Waals surface area contributed by atoms with Gasteiger partial charge < -0.3 is 5.32 Å². The lowest BCUT2D eigenvalue weighted by Gasteiger charge is -2.33. The van der Waals surface area contributed by atoms with E-state index in [4.69, 9.17) is 0 Å². The first kappa shape index (κ1) is 12.7. The summed E-state index contributed by atoms with van der Waals surface area (Å²) in [7, 11) is 2.07. The van der Waals surface area contributed by atoms with Crippen LogP contribution < -0.4 is 5.32 Å². The van der Waals surface area contributed by atoms with E-state index in [1.165, 1.54) is 19.3 Å².